The van der Waals surface area contributed by atoms with Crippen molar-refractivity contribution >= 4 is 11.6 Å². The molecule has 0 heterocycles. The molecule has 2 heteroatoms. The van der Waals surface area contributed by atoms with Crippen molar-refractivity contribution in [2.45, 2.75) is 25.7 Å². The molecule has 1 saturated carbocycles. The summed E-state index contributed by atoms with van der Waals surface area (Å²) in [5, 5.41) is 10.1. The topological polar surface area (TPSA) is 20.2 Å². The first kappa shape index (κ1) is 11.0. The molecule has 0 aliphatic heterocycles. The van der Waals surface area contributed by atoms with Crippen molar-refractivity contribution in [3.8, 4) is 0 Å². The van der Waals surface area contributed by atoms with Crippen LogP contribution < -0.4 is 0 Å². The molecule has 1 fully saturated rings. The first-order chi connectivity index (χ1) is 7.13. The van der Waals surface area contributed by atoms with Crippen LogP contribution in [-0.4, -0.2) is 11.7 Å². The Bertz CT molecular complexity index is 361. The van der Waals surface area contributed by atoms with E-state index < -0.39 is 0 Å². The summed E-state index contributed by atoms with van der Waals surface area (Å²) in [4.78, 5) is 0. The Hall–Kier alpha value is -0.530. The molecular formula is C13H17ClO. The second-order valence-corrected chi connectivity index (χ2v) is 5.17. The van der Waals surface area contributed by atoms with Gasteiger partial charge in [0.1, 0.15) is 0 Å². The molecule has 1 aromatic carbocycles. The van der Waals surface area contributed by atoms with E-state index in [4.69, 9.17) is 11.6 Å². The molecular weight excluding hydrogens is 208 g/mol. The van der Waals surface area contributed by atoms with Gasteiger partial charge in [0.25, 0.3) is 0 Å². The molecule has 2 rings (SSSR count). The zero-order chi connectivity index (χ0) is 11.1. The van der Waals surface area contributed by atoms with Crippen LogP contribution in [0, 0.1) is 11.8 Å². The molecule has 2 unspecified atom stereocenters. The van der Waals surface area contributed by atoms with Crippen molar-refractivity contribution in [3.63, 3.8) is 0 Å². The summed E-state index contributed by atoms with van der Waals surface area (Å²) in [5.41, 5.74) is 1.33. The van der Waals surface area contributed by atoms with Crippen LogP contribution in [0.4, 0.5) is 0 Å². The molecule has 1 aromatic rings. The Balaban J connectivity index is 2.40. The summed E-state index contributed by atoms with van der Waals surface area (Å²) in [6.07, 6.45) is 1.06. The molecule has 1 nitrogen and oxygen atoms in total. The molecule has 0 aromatic heterocycles. The van der Waals surface area contributed by atoms with E-state index in [-0.39, 0.29) is 12.0 Å². The smallest absolute Gasteiger partial charge is 0.0468 e. The van der Waals surface area contributed by atoms with Crippen molar-refractivity contribution in [2.75, 3.05) is 6.61 Å². The first-order valence-corrected chi connectivity index (χ1v) is 5.86. The molecule has 1 N–H and O–H groups in total. The molecule has 82 valence electrons. The van der Waals surface area contributed by atoms with Crippen LogP contribution in [0.2, 0.25) is 5.02 Å². The molecule has 1 aliphatic carbocycles. The molecule has 2 atom stereocenters. The summed E-state index contributed by atoms with van der Waals surface area (Å²) >= 11 is 6.23. The van der Waals surface area contributed by atoms with Crippen LogP contribution in [0.25, 0.3) is 0 Å². The van der Waals surface area contributed by atoms with Crippen molar-refractivity contribution in [2.24, 2.45) is 11.8 Å². The van der Waals surface area contributed by atoms with Crippen LogP contribution in [0.1, 0.15) is 25.8 Å². The van der Waals surface area contributed by atoms with Crippen LogP contribution in [0.15, 0.2) is 24.3 Å². The summed E-state index contributed by atoms with van der Waals surface area (Å²) < 4.78 is 0. The highest BCUT2D eigenvalue weighted by Gasteiger charge is 2.57. The van der Waals surface area contributed by atoms with Gasteiger partial charge < -0.3 is 5.11 Å². The van der Waals surface area contributed by atoms with Gasteiger partial charge in [-0.15, -0.1) is 0 Å². The summed E-state index contributed by atoms with van der Waals surface area (Å²) in [6.45, 7) is 4.68. The monoisotopic (exact) mass is 224 g/mol. The third-order valence-corrected chi connectivity index (χ3v) is 4.11. The maximum atomic E-state index is 9.30. The fourth-order valence-electron chi connectivity index (χ4n) is 2.76. The number of hydrogen-bond donors (Lipinski definition) is 1. The van der Waals surface area contributed by atoms with E-state index in [1.165, 1.54) is 5.56 Å². The second kappa shape index (κ2) is 3.80. The van der Waals surface area contributed by atoms with Gasteiger partial charge in [-0.25, -0.2) is 0 Å². The summed E-state index contributed by atoms with van der Waals surface area (Å²) in [5.74, 6) is 0.909. The number of hydrogen-bond acceptors (Lipinski definition) is 1. The maximum Gasteiger partial charge on any atom is 0.0468 e. The van der Waals surface area contributed by atoms with E-state index >= 15 is 0 Å². The highest BCUT2D eigenvalue weighted by atomic mass is 35.5. The lowest BCUT2D eigenvalue weighted by Gasteiger charge is -2.23. The third-order valence-electron chi connectivity index (χ3n) is 3.78. The third kappa shape index (κ3) is 1.58. The molecule has 0 bridgehead atoms. The number of aliphatic hydroxyl groups is 1. The molecule has 0 radical (unpaired) electrons. The van der Waals surface area contributed by atoms with E-state index in [9.17, 15) is 5.11 Å². The first-order valence-electron chi connectivity index (χ1n) is 5.48. The van der Waals surface area contributed by atoms with Crippen molar-refractivity contribution in [3.05, 3.63) is 34.9 Å². The molecule has 0 spiro atoms. The van der Waals surface area contributed by atoms with Crippen LogP contribution in [0.3, 0.4) is 0 Å². The van der Waals surface area contributed by atoms with Crippen LogP contribution in [0.5, 0.6) is 0 Å². The van der Waals surface area contributed by atoms with Crippen molar-refractivity contribution in [1.29, 1.82) is 0 Å². The quantitative estimate of drug-likeness (QED) is 0.836. The molecule has 1 aliphatic rings. The summed E-state index contributed by atoms with van der Waals surface area (Å²) in [6, 6.07) is 8.01. The SMILES string of the molecule is CC(C)C1(c2ccccc2Cl)CC1CO. The summed E-state index contributed by atoms with van der Waals surface area (Å²) in [7, 11) is 0. The van der Waals surface area contributed by atoms with Crippen LogP contribution in [-0.2, 0) is 5.41 Å². The van der Waals surface area contributed by atoms with Gasteiger partial charge in [-0.3, -0.25) is 0 Å². The average molecular weight is 225 g/mol. The lowest BCUT2D eigenvalue weighted by molar-refractivity contribution is 0.252. The largest absolute Gasteiger partial charge is 0.396 e. The predicted octanol–water partition coefficient (Wildman–Crippen LogP) is 3.25. The lowest BCUT2D eigenvalue weighted by atomic mass is 9.83. The predicted molar refractivity (Wildman–Crippen MR) is 63.2 cm³/mol. The van der Waals surface area contributed by atoms with Gasteiger partial charge >= 0.3 is 0 Å². The Morgan fingerprint density at radius 2 is 2.13 bits per heavy atom. The molecule has 15 heavy (non-hydrogen) atoms. The van der Waals surface area contributed by atoms with E-state index in [0.717, 1.165) is 11.4 Å². The highest BCUT2D eigenvalue weighted by molar-refractivity contribution is 6.31. The van der Waals surface area contributed by atoms with Gasteiger partial charge in [0.15, 0.2) is 0 Å². The van der Waals surface area contributed by atoms with Gasteiger partial charge in [-0.2, -0.15) is 0 Å². The Kier molecular flexibility index (Phi) is 2.78. The standard InChI is InChI=1S/C13H17ClO/c1-9(2)13(7-10(13)8-15)11-5-3-4-6-12(11)14/h3-6,9-10,15H,7-8H2,1-2H3. The minimum absolute atomic E-state index is 0.118. The maximum absolute atomic E-state index is 9.30. The lowest BCUT2D eigenvalue weighted by Crippen LogP contribution is -2.19. The second-order valence-electron chi connectivity index (χ2n) is 4.76. The van der Waals surface area contributed by atoms with Gasteiger partial charge in [-0.05, 0) is 29.9 Å². The van der Waals surface area contributed by atoms with E-state index in [2.05, 4.69) is 19.9 Å². The Morgan fingerprint density at radius 1 is 1.47 bits per heavy atom. The Morgan fingerprint density at radius 3 is 2.60 bits per heavy atom. The normalized spacial score (nSPS) is 29.5. The minimum atomic E-state index is 0.118. The Labute approximate surface area is 96.1 Å². The zero-order valence-electron chi connectivity index (χ0n) is 9.20. The minimum Gasteiger partial charge on any atom is -0.396 e. The van der Waals surface area contributed by atoms with E-state index in [1.54, 1.807) is 0 Å². The highest BCUT2D eigenvalue weighted by Crippen LogP contribution is 2.60. The number of aliphatic hydroxyl groups excluding tert-OH is 1. The van der Waals surface area contributed by atoms with Crippen molar-refractivity contribution in [1.82, 2.24) is 0 Å². The van der Waals surface area contributed by atoms with Crippen molar-refractivity contribution < 1.29 is 5.11 Å². The van der Waals surface area contributed by atoms with Gasteiger partial charge in [0.2, 0.25) is 0 Å². The number of rotatable bonds is 3. The molecule has 0 amide bonds. The van der Waals surface area contributed by atoms with Gasteiger partial charge in [0.05, 0.1) is 0 Å². The fourth-order valence-corrected chi connectivity index (χ4v) is 3.07. The van der Waals surface area contributed by atoms with Gasteiger partial charge in [-0.1, -0.05) is 43.6 Å². The average Bonchev–Trinajstić information content (AvgIpc) is 2.94. The molecule has 0 saturated heterocycles. The fraction of sp³-hybridized carbons (Fsp3) is 0.538. The van der Waals surface area contributed by atoms with E-state index in [0.29, 0.717) is 11.8 Å². The zero-order valence-corrected chi connectivity index (χ0v) is 9.96. The van der Waals surface area contributed by atoms with Gasteiger partial charge in [0, 0.05) is 17.0 Å². The van der Waals surface area contributed by atoms with E-state index in [1.807, 2.05) is 18.2 Å². The number of benzene rings is 1. The van der Waals surface area contributed by atoms with Crippen LogP contribution >= 0.6 is 11.6 Å². The number of halogens is 1.